The molecule has 7 nitrogen and oxygen atoms in total. The summed E-state index contributed by atoms with van der Waals surface area (Å²) in [7, 11) is 0.191. The molecule has 1 unspecified atom stereocenters. The smallest absolute Gasteiger partial charge is 0.240 e. The van der Waals surface area contributed by atoms with Crippen LogP contribution in [-0.2, 0) is 10.0 Å². The molecule has 4 rings (SSSR count). The van der Waals surface area contributed by atoms with Crippen LogP contribution in [0.2, 0.25) is 0 Å². The van der Waals surface area contributed by atoms with E-state index in [0.29, 0.717) is 13.1 Å². The van der Waals surface area contributed by atoms with Crippen molar-refractivity contribution in [3.63, 3.8) is 0 Å². The number of likely N-dealkylation sites (N-methyl/N-ethyl adjacent to an activating group) is 2. The van der Waals surface area contributed by atoms with Crippen LogP contribution in [0, 0.1) is 0 Å². The highest BCUT2D eigenvalue weighted by molar-refractivity contribution is 7.89. The second kappa shape index (κ2) is 12.5. The molecular weight excluding hydrogens is 508 g/mol. The van der Waals surface area contributed by atoms with E-state index in [1.807, 2.05) is 31.1 Å². The number of nitrogens with zero attached hydrogens (tertiary/aromatic N) is 3. The number of rotatable bonds is 12. The van der Waals surface area contributed by atoms with Crippen molar-refractivity contribution in [3.8, 4) is 5.75 Å². The first-order chi connectivity index (χ1) is 18.7. The van der Waals surface area contributed by atoms with Gasteiger partial charge >= 0.3 is 0 Å². The maximum absolute atomic E-state index is 13.1. The van der Waals surface area contributed by atoms with Crippen molar-refractivity contribution in [2.24, 2.45) is 0 Å². The van der Waals surface area contributed by atoms with Crippen molar-refractivity contribution in [2.45, 2.75) is 38.6 Å². The summed E-state index contributed by atoms with van der Waals surface area (Å²) < 4.78 is 35.6. The maximum atomic E-state index is 13.1. The van der Waals surface area contributed by atoms with Crippen LogP contribution in [0.3, 0.4) is 0 Å². The van der Waals surface area contributed by atoms with Crippen LogP contribution in [0.15, 0.2) is 76.9 Å². The minimum absolute atomic E-state index is 0.139. The highest BCUT2D eigenvalue weighted by atomic mass is 32.2. The highest BCUT2D eigenvalue weighted by Gasteiger charge is 2.29. The molecule has 8 heteroatoms. The van der Waals surface area contributed by atoms with Gasteiger partial charge in [-0.05, 0) is 76.9 Å². The Balaban J connectivity index is 1.83. The fourth-order valence-corrected chi connectivity index (χ4v) is 6.28. The number of benzene rings is 2. The van der Waals surface area contributed by atoms with E-state index in [1.165, 1.54) is 0 Å². The van der Waals surface area contributed by atoms with Gasteiger partial charge in [0.2, 0.25) is 10.0 Å². The van der Waals surface area contributed by atoms with Gasteiger partial charge in [-0.1, -0.05) is 38.1 Å². The summed E-state index contributed by atoms with van der Waals surface area (Å²) in [5, 5.41) is 0. The lowest BCUT2D eigenvalue weighted by atomic mass is 9.87. The third kappa shape index (κ3) is 6.30. The van der Waals surface area contributed by atoms with E-state index in [4.69, 9.17) is 4.74 Å². The largest absolute Gasteiger partial charge is 0.456 e. The Morgan fingerprint density at radius 1 is 0.949 bits per heavy atom. The quantitative estimate of drug-likeness (QED) is 0.412. The summed E-state index contributed by atoms with van der Waals surface area (Å²) in [5.41, 5.74) is 4.86. The number of hydrogen-bond donors (Lipinski definition) is 1. The van der Waals surface area contributed by atoms with E-state index in [-0.39, 0.29) is 10.9 Å². The number of nitrogens with one attached hydrogen (secondary N) is 1. The molecule has 0 aromatic heterocycles. The van der Waals surface area contributed by atoms with Crippen LogP contribution in [0.25, 0.3) is 5.57 Å². The topological polar surface area (TPSA) is 65.1 Å². The first-order valence-electron chi connectivity index (χ1n) is 13.9. The van der Waals surface area contributed by atoms with Crippen molar-refractivity contribution in [2.75, 3.05) is 58.3 Å². The van der Waals surface area contributed by atoms with Crippen molar-refractivity contribution in [1.82, 2.24) is 14.5 Å². The Morgan fingerprint density at radius 2 is 1.69 bits per heavy atom. The molecule has 0 amide bonds. The predicted octanol–water partition coefficient (Wildman–Crippen LogP) is 4.73. The molecule has 1 atom stereocenters. The first kappa shape index (κ1) is 29.1. The van der Waals surface area contributed by atoms with Gasteiger partial charge in [-0.25, -0.2) is 13.1 Å². The van der Waals surface area contributed by atoms with Crippen molar-refractivity contribution in [1.29, 1.82) is 0 Å². The van der Waals surface area contributed by atoms with Crippen LogP contribution in [0.4, 0.5) is 5.69 Å². The summed E-state index contributed by atoms with van der Waals surface area (Å²) in [6.07, 6.45) is 6.51. The van der Waals surface area contributed by atoms with Gasteiger partial charge < -0.3 is 14.5 Å². The molecule has 0 fully saturated rings. The Hall–Kier alpha value is -2.91. The second-order valence-electron chi connectivity index (χ2n) is 10.1. The van der Waals surface area contributed by atoms with Gasteiger partial charge in [-0.3, -0.25) is 4.90 Å². The molecule has 0 saturated carbocycles. The Morgan fingerprint density at radius 3 is 2.36 bits per heavy atom. The monoisotopic (exact) mass is 550 g/mol. The van der Waals surface area contributed by atoms with Gasteiger partial charge in [-0.15, -0.1) is 0 Å². The molecule has 0 spiro atoms. The van der Waals surface area contributed by atoms with Crippen LogP contribution in [0.1, 0.15) is 38.8 Å². The number of fused-ring (bicyclic) bond motifs is 2. The molecule has 1 aliphatic carbocycles. The maximum Gasteiger partial charge on any atom is 0.240 e. The average molecular weight is 551 g/mol. The van der Waals surface area contributed by atoms with E-state index >= 15 is 0 Å². The first-order valence-corrected chi connectivity index (χ1v) is 15.4. The fraction of sp³-hybridized carbons (Fsp3) is 0.419. The number of ether oxygens (including phenoxy) is 1. The fourth-order valence-electron chi connectivity index (χ4n) is 5.21. The summed E-state index contributed by atoms with van der Waals surface area (Å²) in [4.78, 5) is 6.87. The Labute approximate surface area is 234 Å². The molecule has 210 valence electrons. The molecule has 1 N–H and O–H groups in total. The van der Waals surface area contributed by atoms with Gasteiger partial charge in [0.1, 0.15) is 11.5 Å². The molecule has 39 heavy (non-hydrogen) atoms. The van der Waals surface area contributed by atoms with Crippen LogP contribution < -0.4 is 14.4 Å². The number of hydrogen-bond acceptors (Lipinski definition) is 6. The third-order valence-electron chi connectivity index (χ3n) is 7.42. The van der Waals surface area contributed by atoms with Gasteiger partial charge in [-0.2, -0.15) is 0 Å². The average Bonchev–Trinajstić information content (AvgIpc) is 2.92. The second-order valence-corrected chi connectivity index (χ2v) is 11.8. The van der Waals surface area contributed by atoms with Crippen molar-refractivity contribution >= 4 is 21.3 Å². The third-order valence-corrected chi connectivity index (χ3v) is 8.88. The Bertz CT molecular complexity index is 1370. The number of allylic oxidation sites excluding steroid dienone is 1. The predicted molar refractivity (Wildman–Crippen MR) is 161 cm³/mol. The van der Waals surface area contributed by atoms with E-state index in [1.54, 1.807) is 12.1 Å². The summed E-state index contributed by atoms with van der Waals surface area (Å²) >= 11 is 0. The van der Waals surface area contributed by atoms with Gasteiger partial charge in [0.15, 0.2) is 0 Å². The van der Waals surface area contributed by atoms with Crippen LogP contribution in [0.5, 0.6) is 5.75 Å². The van der Waals surface area contributed by atoms with Crippen LogP contribution >= 0.6 is 0 Å². The number of anilines is 1. The zero-order chi connectivity index (χ0) is 28.2. The summed E-state index contributed by atoms with van der Waals surface area (Å²) in [5.74, 6) is 1.60. The summed E-state index contributed by atoms with van der Waals surface area (Å²) in [6.45, 7) is 13.3. The van der Waals surface area contributed by atoms with Crippen molar-refractivity contribution < 1.29 is 13.2 Å². The van der Waals surface area contributed by atoms with Crippen molar-refractivity contribution in [3.05, 3.63) is 83.2 Å². The normalized spacial score (nSPS) is 16.7. The molecule has 2 aromatic carbocycles. The van der Waals surface area contributed by atoms with Gasteiger partial charge in [0.25, 0.3) is 0 Å². The lowest BCUT2D eigenvalue weighted by Crippen LogP contribution is -2.34. The SMILES string of the molecule is CCN(CC)c1ccc2c(c1)OC1=CC(N(CC)CC)C=CC1=C2c1cccc(S(=O)(=O)NCCN(C)C)c1. The molecule has 2 aliphatic rings. The zero-order valence-electron chi connectivity index (χ0n) is 24.1. The lowest BCUT2D eigenvalue weighted by Gasteiger charge is -2.32. The molecule has 2 aromatic rings. The van der Waals surface area contributed by atoms with E-state index in [9.17, 15) is 8.42 Å². The Kier molecular flexibility index (Phi) is 9.33. The molecule has 0 saturated heterocycles. The molecule has 1 aliphatic heterocycles. The van der Waals surface area contributed by atoms with E-state index in [0.717, 1.165) is 65.6 Å². The molecule has 1 heterocycles. The van der Waals surface area contributed by atoms with E-state index in [2.05, 4.69) is 78.6 Å². The minimum atomic E-state index is -3.65. The molecular formula is C31H42N4O3S. The highest BCUT2D eigenvalue weighted by Crippen LogP contribution is 2.45. The molecule has 0 bridgehead atoms. The van der Waals surface area contributed by atoms with E-state index < -0.39 is 10.0 Å². The standard InChI is InChI=1S/C31H42N4O3S/c1-7-34(8-2)24-14-16-27-29(21-24)38-30-22-25(35(9-3)10-4)15-17-28(30)31(27)23-12-11-13-26(20-23)39(36,37)32-18-19-33(5)6/h11-17,20-22,24,32H,7-10,18-19H2,1-6H3. The zero-order valence-corrected chi connectivity index (χ0v) is 24.9. The lowest BCUT2D eigenvalue weighted by molar-refractivity contribution is 0.281. The van der Waals surface area contributed by atoms with Gasteiger partial charge in [0, 0.05) is 54.6 Å². The number of sulfonamides is 1. The van der Waals surface area contributed by atoms with Gasteiger partial charge in [0.05, 0.1) is 10.9 Å². The van der Waals surface area contributed by atoms with Crippen LogP contribution in [-0.4, -0.2) is 77.6 Å². The minimum Gasteiger partial charge on any atom is -0.456 e. The molecule has 0 radical (unpaired) electrons. The summed E-state index contributed by atoms with van der Waals surface area (Å²) in [6, 6.07) is 13.7.